The molecule has 0 aromatic heterocycles. The van der Waals surface area contributed by atoms with Crippen molar-refractivity contribution in [1.29, 1.82) is 0 Å². The first-order chi connectivity index (χ1) is 18.2. The summed E-state index contributed by atoms with van der Waals surface area (Å²) in [4.78, 5) is 13.0. The number of anilines is 3. The van der Waals surface area contributed by atoms with E-state index in [1.165, 1.54) is 22.7 Å². The van der Waals surface area contributed by atoms with E-state index in [1.54, 1.807) is 32.2 Å². The van der Waals surface area contributed by atoms with Crippen molar-refractivity contribution in [3.05, 3.63) is 95.7 Å². The van der Waals surface area contributed by atoms with Gasteiger partial charge in [0.25, 0.3) is 5.91 Å². The van der Waals surface area contributed by atoms with Gasteiger partial charge in [-0.1, -0.05) is 57.2 Å². The Morgan fingerprint density at radius 3 is 2.08 bits per heavy atom. The molecule has 1 aliphatic heterocycles. The molecule has 0 spiro atoms. The topological polar surface area (TPSA) is 117 Å². The van der Waals surface area contributed by atoms with E-state index in [0.29, 0.717) is 23.5 Å². The van der Waals surface area contributed by atoms with Gasteiger partial charge in [0.05, 0.1) is 21.9 Å². The number of sulfonamides is 1. The fraction of sp³-hybridized carbons (Fsp3) is 0.241. The predicted molar refractivity (Wildman–Crippen MR) is 156 cm³/mol. The van der Waals surface area contributed by atoms with Gasteiger partial charge in [-0.3, -0.25) is 4.79 Å². The van der Waals surface area contributed by atoms with Crippen molar-refractivity contribution in [2.24, 2.45) is 5.10 Å². The first-order valence-electron chi connectivity index (χ1n) is 12.6. The lowest BCUT2D eigenvalue weighted by Crippen LogP contribution is -2.24. The van der Waals surface area contributed by atoms with Crippen molar-refractivity contribution in [2.75, 3.05) is 22.6 Å². The van der Waals surface area contributed by atoms with Gasteiger partial charge in [-0.25, -0.2) is 13.1 Å². The van der Waals surface area contributed by atoms with Crippen LogP contribution in [-0.2, 0) is 27.7 Å². The Balaban J connectivity index is 0.000000375. The summed E-state index contributed by atoms with van der Waals surface area (Å²) in [5.41, 5.74) is 11.4. The second-order valence-electron chi connectivity index (χ2n) is 8.56. The van der Waals surface area contributed by atoms with Crippen LogP contribution in [-0.4, -0.2) is 26.6 Å². The van der Waals surface area contributed by atoms with Crippen LogP contribution in [0, 0.1) is 0 Å². The van der Waals surface area contributed by atoms with E-state index in [2.05, 4.69) is 35.1 Å². The Morgan fingerprint density at radius 2 is 1.50 bits per heavy atom. The van der Waals surface area contributed by atoms with Gasteiger partial charge in [0.2, 0.25) is 10.0 Å². The summed E-state index contributed by atoms with van der Waals surface area (Å²) in [6.45, 7) is 7.96. The number of amides is 1. The highest BCUT2D eigenvalue weighted by atomic mass is 32.2. The van der Waals surface area contributed by atoms with Crippen molar-refractivity contribution < 1.29 is 13.2 Å². The highest BCUT2D eigenvalue weighted by molar-refractivity contribution is 7.89. The van der Waals surface area contributed by atoms with Crippen molar-refractivity contribution in [3.8, 4) is 0 Å². The van der Waals surface area contributed by atoms with Crippen LogP contribution >= 0.6 is 0 Å². The number of aryl methyl sites for hydroxylation is 2. The number of para-hydroxylation sites is 2. The van der Waals surface area contributed by atoms with E-state index in [9.17, 15) is 13.2 Å². The van der Waals surface area contributed by atoms with Crippen LogP contribution in [0.2, 0.25) is 0 Å². The minimum atomic E-state index is -3.54. The summed E-state index contributed by atoms with van der Waals surface area (Å²) in [6, 6.07) is 21.9. The molecule has 9 heteroatoms. The molecule has 0 radical (unpaired) electrons. The quantitative estimate of drug-likeness (QED) is 0.275. The monoisotopic (exact) mass is 533 g/mol. The minimum Gasteiger partial charge on any atom is -0.399 e. The summed E-state index contributed by atoms with van der Waals surface area (Å²) in [5.74, 6) is -0.272. The lowest BCUT2D eigenvalue weighted by Gasteiger charge is -2.13. The van der Waals surface area contributed by atoms with Gasteiger partial charge < -0.3 is 11.1 Å². The molecule has 0 saturated carbocycles. The maximum absolute atomic E-state index is 12.8. The summed E-state index contributed by atoms with van der Waals surface area (Å²) in [5, 5.41) is 8.81. The third-order valence-corrected chi connectivity index (χ3v) is 7.56. The molecule has 4 N–H and O–H groups in total. The number of benzene rings is 3. The van der Waals surface area contributed by atoms with Crippen LogP contribution in [0.25, 0.3) is 0 Å². The van der Waals surface area contributed by atoms with Gasteiger partial charge in [0.15, 0.2) is 0 Å². The molecule has 4 rings (SSSR count). The van der Waals surface area contributed by atoms with Crippen molar-refractivity contribution in [2.45, 2.75) is 45.4 Å². The number of hydrogen-bond acceptors (Lipinski definition) is 6. The molecule has 1 heterocycles. The zero-order valence-electron chi connectivity index (χ0n) is 22.2. The van der Waals surface area contributed by atoms with Crippen LogP contribution in [0.5, 0.6) is 0 Å². The van der Waals surface area contributed by atoms with Crippen LogP contribution in [0.1, 0.15) is 38.8 Å². The van der Waals surface area contributed by atoms with E-state index < -0.39 is 10.0 Å². The number of carbonyl (C=O) groups is 1. The molecule has 0 aliphatic carbocycles. The molecule has 0 atom stereocenters. The summed E-state index contributed by atoms with van der Waals surface area (Å²) in [7, 11) is -3.54. The molecule has 0 fully saturated rings. The number of hydrazone groups is 1. The van der Waals surface area contributed by atoms with E-state index in [1.807, 2.05) is 42.5 Å². The first-order valence-corrected chi connectivity index (χ1v) is 14.1. The van der Waals surface area contributed by atoms with Gasteiger partial charge in [-0.15, -0.1) is 0 Å². The smallest absolute Gasteiger partial charge is 0.282 e. The highest BCUT2D eigenvalue weighted by Crippen LogP contribution is 2.25. The zero-order chi connectivity index (χ0) is 27.7. The molecule has 200 valence electrons. The van der Waals surface area contributed by atoms with Crippen LogP contribution in [0.3, 0.4) is 0 Å². The fourth-order valence-electron chi connectivity index (χ4n) is 3.87. The normalized spacial score (nSPS) is 14.2. The average molecular weight is 534 g/mol. The maximum Gasteiger partial charge on any atom is 0.282 e. The second kappa shape index (κ2) is 13.0. The predicted octanol–water partition coefficient (Wildman–Crippen LogP) is 5.10. The number of nitrogens with one attached hydrogen (secondary N) is 2. The van der Waals surface area contributed by atoms with Gasteiger partial charge >= 0.3 is 0 Å². The van der Waals surface area contributed by atoms with Gasteiger partial charge in [0, 0.05) is 24.1 Å². The minimum absolute atomic E-state index is 0.143. The number of hydrogen-bond donors (Lipinski definition) is 3. The SMILES string of the molecule is CCNS(=O)(=O)c1ccc(N2N=C(C)C(=CNc3ccccc3CC)C2=O)cc1.CCc1ccccc1N. The molecule has 0 unspecified atom stereocenters. The first kappa shape index (κ1) is 28.6. The third-order valence-electron chi connectivity index (χ3n) is 5.99. The fourth-order valence-corrected chi connectivity index (χ4v) is 4.92. The van der Waals surface area contributed by atoms with Crippen molar-refractivity contribution >= 4 is 38.7 Å². The lowest BCUT2D eigenvalue weighted by atomic mass is 10.1. The molecule has 8 nitrogen and oxygen atoms in total. The van der Waals surface area contributed by atoms with E-state index in [-0.39, 0.29) is 10.8 Å². The summed E-state index contributed by atoms with van der Waals surface area (Å²) >= 11 is 0. The van der Waals surface area contributed by atoms with Crippen molar-refractivity contribution in [1.82, 2.24) is 4.72 Å². The van der Waals surface area contributed by atoms with E-state index in [0.717, 1.165) is 29.8 Å². The van der Waals surface area contributed by atoms with Crippen LogP contribution < -0.4 is 20.8 Å². The number of rotatable bonds is 8. The Hall–Kier alpha value is -3.95. The Morgan fingerprint density at radius 1 is 0.895 bits per heavy atom. The van der Waals surface area contributed by atoms with Gasteiger partial charge in [-0.05, 0) is 67.3 Å². The number of carbonyl (C=O) groups excluding carboxylic acids is 1. The molecule has 1 aliphatic rings. The number of nitrogens with two attached hydrogens (primary N) is 1. The van der Waals surface area contributed by atoms with Gasteiger partial charge in [0.1, 0.15) is 0 Å². The van der Waals surface area contributed by atoms with E-state index >= 15 is 0 Å². The average Bonchev–Trinajstić information content (AvgIpc) is 3.21. The number of nitrogen functional groups attached to an aromatic ring is 1. The molecule has 0 saturated heterocycles. The molecular weight excluding hydrogens is 498 g/mol. The number of nitrogens with zero attached hydrogens (tertiary/aromatic N) is 2. The Labute approximate surface area is 225 Å². The maximum atomic E-state index is 12.8. The Bertz CT molecular complexity index is 1430. The Kier molecular flexibility index (Phi) is 9.81. The molecule has 3 aromatic carbocycles. The van der Waals surface area contributed by atoms with Crippen molar-refractivity contribution in [3.63, 3.8) is 0 Å². The van der Waals surface area contributed by atoms with Crippen LogP contribution in [0.15, 0.2) is 94.6 Å². The largest absolute Gasteiger partial charge is 0.399 e. The second-order valence-corrected chi connectivity index (χ2v) is 10.3. The molecule has 3 aromatic rings. The van der Waals surface area contributed by atoms with Crippen LogP contribution in [0.4, 0.5) is 17.1 Å². The molecule has 38 heavy (non-hydrogen) atoms. The standard InChI is InChI=1S/C21H24N4O3S.C8H11N/c1-4-16-8-6-7-9-20(16)22-14-19-15(3)24-25(21(19)26)17-10-12-18(13-11-17)29(27,28)23-5-2;1-2-7-5-3-4-6-8(7)9/h6-14,22-23H,4-5H2,1-3H3;3-6H,2,9H2,1H3. The third kappa shape index (κ3) is 6.87. The molecule has 0 bridgehead atoms. The zero-order valence-corrected chi connectivity index (χ0v) is 23.0. The molecule has 1 amide bonds. The molecular formula is C29H35N5O3S. The van der Waals surface area contributed by atoms with E-state index in [4.69, 9.17) is 5.73 Å². The van der Waals surface area contributed by atoms with Gasteiger partial charge in [-0.2, -0.15) is 10.1 Å². The summed E-state index contributed by atoms with van der Waals surface area (Å²) < 4.78 is 26.6. The lowest BCUT2D eigenvalue weighted by molar-refractivity contribution is -0.114. The summed E-state index contributed by atoms with van der Waals surface area (Å²) in [6.07, 6.45) is 3.56. The highest BCUT2D eigenvalue weighted by Gasteiger charge is 2.29.